The molecule has 0 spiro atoms. The highest BCUT2D eigenvalue weighted by Gasteiger charge is 2.11. The summed E-state index contributed by atoms with van der Waals surface area (Å²) in [5.74, 6) is -2.85. The maximum atomic E-state index is 13.0. The molecule has 0 fully saturated rings. The van der Waals surface area contributed by atoms with Gasteiger partial charge in [-0.2, -0.15) is 0 Å². The van der Waals surface area contributed by atoms with Crippen molar-refractivity contribution in [3.05, 3.63) is 35.4 Å². The van der Waals surface area contributed by atoms with Crippen LogP contribution in [-0.4, -0.2) is 23.7 Å². The van der Waals surface area contributed by atoms with E-state index in [1.54, 1.807) is 6.92 Å². The highest BCUT2D eigenvalue weighted by atomic mass is 19.2. The summed E-state index contributed by atoms with van der Waals surface area (Å²) >= 11 is 0. The molecule has 20 heavy (non-hydrogen) atoms. The monoisotopic (exact) mass is 286 g/mol. The van der Waals surface area contributed by atoms with Crippen molar-refractivity contribution in [1.29, 1.82) is 0 Å². The number of hydrogen-bond acceptors (Lipinski definition) is 2. The van der Waals surface area contributed by atoms with Gasteiger partial charge in [-0.25, -0.2) is 13.6 Å². The largest absolute Gasteiger partial charge is 0.481 e. The lowest BCUT2D eigenvalue weighted by atomic mass is 10.1. The molecule has 0 saturated heterocycles. The van der Waals surface area contributed by atoms with Crippen molar-refractivity contribution >= 4 is 12.0 Å². The van der Waals surface area contributed by atoms with Gasteiger partial charge in [0.25, 0.3) is 0 Å². The zero-order valence-corrected chi connectivity index (χ0v) is 11.0. The van der Waals surface area contributed by atoms with Crippen LogP contribution >= 0.6 is 0 Å². The minimum absolute atomic E-state index is 0.0288. The molecule has 0 aliphatic carbocycles. The van der Waals surface area contributed by atoms with Crippen molar-refractivity contribution < 1.29 is 23.5 Å². The van der Waals surface area contributed by atoms with Crippen LogP contribution in [0.25, 0.3) is 0 Å². The van der Waals surface area contributed by atoms with Gasteiger partial charge in [0.1, 0.15) is 0 Å². The Morgan fingerprint density at radius 1 is 1.30 bits per heavy atom. The Morgan fingerprint density at radius 3 is 2.60 bits per heavy atom. The third-order valence-corrected chi connectivity index (χ3v) is 2.64. The van der Waals surface area contributed by atoms with Crippen LogP contribution < -0.4 is 10.6 Å². The summed E-state index contributed by atoms with van der Waals surface area (Å²) in [6.45, 7) is 1.85. The third kappa shape index (κ3) is 5.21. The Bertz CT molecular complexity index is 495. The molecule has 0 bridgehead atoms. The lowest BCUT2D eigenvalue weighted by molar-refractivity contribution is -0.137. The number of carboxylic acids is 1. The first-order valence-electron chi connectivity index (χ1n) is 6.11. The van der Waals surface area contributed by atoms with Crippen molar-refractivity contribution in [1.82, 2.24) is 10.6 Å². The Morgan fingerprint density at radius 2 is 2.00 bits per heavy atom. The van der Waals surface area contributed by atoms with Crippen molar-refractivity contribution in [3.63, 3.8) is 0 Å². The van der Waals surface area contributed by atoms with Gasteiger partial charge in [-0.1, -0.05) is 6.07 Å². The van der Waals surface area contributed by atoms with Crippen LogP contribution in [0.5, 0.6) is 0 Å². The second-order valence-electron chi connectivity index (χ2n) is 4.29. The summed E-state index contributed by atoms with van der Waals surface area (Å²) in [7, 11) is 0. The molecule has 0 heterocycles. The number of aliphatic carboxylic acids is 1. The van der Waals surface area contributed by atoms with E-state index in [9.17, 15) is 18.4 Å². The molecule has 3 N–H and O–H groups in total. The van der Waals surface area contributed by atoms with E-state index in [4.69, 9.17) is 5.11 Å². The van der Waals surface area contributed by atoms with Crippen LogP contribution in [-0.2, 0) is 4.79 Å². The quantitative estimate of drug-likeness (QED) is 0.701. The number of carboxylic acid groups (broad SMARTS) is 1. The van der Waals surface area contributed by atoms with E-state index in [0.717, 1.165) is 12.1 Å². The number of carbonyl (C=O) groups excluding carboxylic acids is 1. The highest BCUT2D eigenvalue weighted by molar-refractivity contribution is 5.74. The van der Waals surface area contributed by atoms with Crippen LogP contribution in [0.2, 0.25) is 0 Å². The predicted octanol–water partition coefficient (Wildman–Crippen LogP) is 2.19. The van der Waals surface area contributed by atoms with Crippen molar-refractivity contribution in [2.75, 3.05) is 6.54 Å². The van der Waals surface area contributed by atoms with Gasteiger partial charge in [0.05, 0.1) is 6.04 Å². The van der Waals surface area contributed by atoms with Gasteiger partial charge in [0, 0.05) is 13.0 Å². The van der Waals surface area contributed by atoms with Crippen LogP contribution in [0.15, 0.2) is 18.2 Å². The van der Waals surface area contributed by atoms with E-state index < -0.39 is 29.7 Å². The van der Waals surface area contributed by atoms with Crippen LogP contribution in [0.3, 0.4) is 0 Å². The Labute approximate surface area is 115 Å². The minimum atomic E-state index is -0.974. The molecule has 0 radical (unpaired) electrons. The van der Waals surface area contributed by atoms with Crippen molar-refractivity contribution in [2.45, 2.75) is 25.8 Å². The van der Waals surface area contributed by atoms with Crippen LogP contribution in [0.4, 0.5) is 13.6 Å². The van der Waals surface area contributed by atoms with Gasteiger partial charge in [-0.05, 0) is 31.0 Å². The number of hydrogen-bond donors (Lipinski definition) is 3. The molecule has 1 atom stereocenters. The molecule has 0 saturated carbocycles. The molecule has 7 heteroatoms. The maximum Gasteiger partial charge on any atom is 0.315 e. The molecular formula is C13H16F2N2O3. The first-order valence-corrected chi connectivity index (χ1v) is 6.11. The lowest BCUT2D eigenvalue weighted by Gasteiger charge is -2.15. The second-order valence-corrected chi connectivity index (χ2v) is 4.29. The predicted molar refractivity (Wildman–Crippen MR) is 68.2 cm³/mol. The van der Waals surface area contributed by atoms with Gasteiger partial charge in [0.2, 0.25) is 0 Å². The number of urea groups is 1. The number of benzene rings is 1. The summed E-state index contributed by atoms with van der Waals surface area (Å²) in [4.78, 5) is 21.8. The van der Waals surface area contributed by atoms with Gasteiger partial charge >= 0.3 is 12.0 Å². The number of carbonyl (C=O) groups is 2. The van der Waals surface area contributed by atoms with Gasteiger partial charge in [-0.15, -0.1) is 0 Å². The lowest BCUT2D eigenvalue weighted by Crippen LogP contribution is -2.37. The molecule has 110 valence electrons. The fourth-order valence-electron chi connectivity index (χ4n) is 1.55. The van der Waals surface area contributed by atoms with E-state index >= 15 is 0 Å². The second kappa shape index (κ2) is 7.42. The first kappa shape index (κ1) is 15.9. The molecule has 1 aromatic rings. The topological polar surface area (TPSA) is 78.4 Å². The standard InChI is InChI=1S/C13H16F2N2O3/c1-8(9-4-5-10(14)11(15)7-9)17-13(20)16-6-2-3-12(18)19/h4-5,7-8H,2-3,6H2,1H3,(H,18,19)(H2,16,17,20). The third-order valence-electron chi connectivity index (χ3n) is 2.64. The molecule has 0 aliphatic rings. The Kier molecular flexibility index (Phi) is 5.89. The molecule has 5 nitrogen and oxygen atoms in total. The minimum Gasteiger partial charge on any atom is -0.481 e. The summed E-state index contributed by atoms with van der Waals surface area (Å²) in [6, 6.07) is 2.41. The number of amides is 2. The number of halogens is 2. The fraction of sp³-hybridized carbons (Fsp3) is 0.385. The molecule has 1 unspecified atom stereocenters. The summed E-state index contributed by atoms with van der Waals surface area (Å²) in [5.41, 5.74) is 0.435. The van der Waals surface area contributed by atoms with Crippen LogP contribution in [0.1, 0.15) is 31.4 Å². The molecule has 1 rings (SSSR count). The average Bonchev–Trinajstić information content (AvgIpc) is 2.37. The first-order chi connectivity index (χ1) is 9.40. The van der Waals surface area contributed by atoms with E-state index in [-0.39, 0.29) is 13.0 Å². The maximum absolute atomic E-state index is 13.0. The normalized spacial score (nSPS) is 11.8. The summed E-state index contributed by atoms with van der Waals surface area (Å²) in [6.07, 6.45) is 0.293. The smallest absolute Gasteiger partial charge is 0.315 e. The van der Waals surface area contributed by atoms with Gasteiger partial charge in [0.15, 0.2) is 11.6 Å². The highest BCUT2D eigenvalue weighted by Crippen LogP contribution is 2.15. The van der Waals surface area contributed by atoms with E-state index in [0.29, 0.717) is 12.0 Å². The van der Waals surface area contributed by atoms with Crippen LogP contribution in [0, 0.1) is 11.6 Å². The molecule has 0 aliphatic heterocycles. The zero-order valence-electron chi connectivity index (χ0n) is 11.0. The molecule has 0 aromatic heterocycles. The molecule has 2 amide bonds. The average molecular weight is 286 g/mol. The SMILES string of the molecule is CC(NC(=O)NCCCC(=O)O)c1ccc(F)c(F)c1. The Balaban J connectivity index is 2.41. The van der Waals surface area contributed by atoms with E-state index in [1.807, 2.05) is 0 Å². The van der Waals surface area contributed by atoms with Gasteiger partial charge < -0.3 is 15.7 Å². The van der Waals surface area contributed by atoms with E-state index in [2.05, 4.69) is 10.6 Å². The van der Waals surface area contributed by atoms with Gasteiger partial charge in [-0.3, -0.25) is 4.79 Å². The Hall–Kier alpha value is -2.18. The van der Waals surface area contributed by atoms with Crippen molar-refractivity contribution in [2.24, 2.45) is 0 Å². The van der Waals surface area contributed by atoms with Crippen molar-refractivity contribution in [3.8, 4) is 0 Å². The number of rotatable bonds is 6. The summed E-state index contributed by atoms with van der Waals surface area (Å²) < 4.78 is 25.8. The molecular weight excluding hydrogens is 270 g/mol. The number of nitrogens with one attached hydrogen (secondary N) is 2. The fourth-order valence-corrected chi connectivity index (χ4v) is 1.55. The van der Waals surface area contributed by atoms with E-state index in [1.165, 1.54) is 6.07 Å². The molecule has 1 aromatic carbocycles. The summed E-state index contributed by atoms with van der Waals surface area (Å²) in [5, 5.41) is 13.5. The zero-order chi connectivity index (χ0) is 15.1.